The molecule has 0 spiro atoms. The van der Waals surface area contributed by atoms with Gasteiger partial charge in [0.1, 0.15) is 5.82 Å². The quantitative estimate of drug-likeness (QED) is 0.501. The van der Waals surface area contributed by atoms with Crippen molar-refractivity contribution in [3.8, 4) is 0 Å². The van der Waals surface area contributed by atoms with Crippen molar-refractivity contribution in [3.05, 3.63) is 5.82 Å². The van der Waals surface area contributed by atoms with Crippen LogP contribution in [0.1, 0.15) is 104 Å². The minimum absolute atomic E-state index is 0.382. The number of aromatic nitrogens is 4. The third-order valence-corrected chi connectivity index (χ3v) is 11.9. The molecule has 6 heteroatoms. The number of rotatable bonds is 8. The molecule has 4 aliphatic rings. The molecule has 1 heterocycles. The molecule has 0 unspecified atom stereocenters. The molecule has 1 N–H and O–H groups in total. The molecular weight excluding hydrogens is 436 g/mol. The summed E-state index contributed by atoms with van der Waals surface area (Å²) in [6.45, 7) is 11.1. The maximum absolute atomic E-state index is 11.4. The van der Waals surface area contributed by atoms with Gasteiger partial charge in [-0.25, -0.2) is 4.68 Å². The standard InChI is InChI=1S/C29H50N4O2/c1-6-12-28(34)14-15-29(16-17-35-5)22(18-28)7-8-23-25-10-9-24(27(25,4)13-11-26(23)29)20(2)19-33-21(3)30-31-32-33/h20,22-26,34H,6-19H2,1-5H3/t20-,22+,23-,24+,25-,26-,27+,28+,29+/m0/s1. The molecule has 0 aliphatic heterocycles. The van der Waals surface area contributed by atoms with Crippen LogP contribution in [0.4, 0.5) is 0 Å². The van der Waals surface area contributed by atoms with Gasteiger partial charge in [-0.05, 0) is 134 Å². The van der Waals surface area contributed by atoms with Gasteiger partial charge in [0.05, 0.1) is 5.60 Å². The smallest absolute Gasteiger partial charge is 0.148 e. The summed E-state index contributed by atoms with van der Waals surface area (Å²) in [5.41, 5.74) is 0.400. The van der Waals surface area contributed by atoms with E-state index < -0.39 is 5.60 Å². The van der Waals surface area contributed by atoms with E-state index in [1.807, 2.05) is 18.7 Å². The van der Waals surface area contributed by atoms with Crippen LogP contribution >= 0.6 is 0 Å². The van der Waals surface area contributed by atoms with Crippen LogP contribution in [0.3, 0.4) is 0 Å². The lowest BCUT2D eigenvalue weighted by atomic mass is 9.42. The van der Waals surface area contributed by atoms with Gasteiger partial charge in [-0.1, -0.05) is 27.2 Å². The van der Waals surface area contributed by atoms with Crippen LogP contribution in [0.5, 0.6) is 0 Å². The van der Waals surface area contributed by atoms with Crippen LogP contribution in [-0.4, -0.2) is 44.6 Å². The van der Waals surface area contributed by atoms with E-state index in [2.05, 4.69) is 36.3 Å². The van der Waals surface area contributed by atoms with Crippen LogP contribution in [0, 0.1) is 53.3 Å². The highest BCUT2D eigenvalue weighted by Crippen LogP contribution is 2.69. The first-order chi connectivity index (χ1) is 16.8. The van der Waals surface area contributed by atoms with Crippen LogP contribution in [0.25, 0.3) is 0 Å². The SMILES string of the molecule is CCC[C@@]1(O)CC[C@@]2(CCOC)[C@H](CC[C@H]3[C@@H]4CC[C@H]([C@@H](C)Cn5nnnc5C)[C@@]4(C)CC[C@@H]32)C1. The number of nitrogens with zero attached hydrogens (tertiary/aromatic N) is 4. The van der Waals surface area contributed by atoms with Gasteiger partial charge < -0.3 is 9.84 Å². The molecule has 0 radical (unpaired) electrons. The molecule has 5 rings (SSSR count). The number of aryl methyl sites for hydroxylation is 1. The first-order valence-corrected chi connectivity index (χ1v) is 14.7. The number of methoxy groups -OCH3 is 1. The molecule has 0 bridgehead atoms. The molecule has 4 aliphatic carbocycles. The Hall–Kier alpha value is -1.01. The number of aliphatic hydroxyl groups is 1. The van der Waals surface area contributed by atoms with Gasteiger partial charge in [-0.15, -0.1) is 5.10 Å². The third kappa shape index (κ3) is 4.28. The van der Waals surface area contributed by atoms with E-state index in [9.17, 15) is 5.11 Å². The van der Waals surface area contributed by atoms with E-state index in [-0.39, 0.29) is 0 Å². The molecule has 4 saturated carbocycles. The molecule has 9 atom stereocenters. The lowest BCUT2D eigenvalue weighted by Gasteiger charge is -2.63. The normalized spacial score (nSPS) is 43.9. The second kappa shape index (κ2) is 9.70. The summed E-state index contributed by atoms with van der Waals surface area (Å²) >= 11 is 0. The number of hydrogen-bond donors (Lipinski definition) is 1. The Morgan fingerprint density at radius 3 is 2.63 bits per heavy atom. The first kappa shape index (κ1) is 25.6. The van der Waals surface area contributed by atoms with Gasteiger partial charge >= 0.3 is 0 Å². The molecule has 1 aromatic rings. The van der Waals surface area contributed by atoms with Crippen LogP contribution < -0.4 is 0 Å². The topological polar surface area (TPSA) is 73.1 Å². The van der Waals surface area contributed by atoms with Crippen molar-refractivity contribution >= 4 is 0 Å². The van der Waals surface area contributed by atoms with Crippen molar-refractivity contribution in [1.29, 1.82) is 0 Å². The summed E-state index contributed by atoms with van der Waals surface area (Å²) in [5, 5.41) is 23.7. The summed E-state index contributed by atoms with van der Waals surface area (Å²) < 4.78 is 7.71. The minimum Gasteiger partial charge on any atom is -0.390 e. The zero-order chi connectivity index (χ0) is 24.8. The van der Waals surface area contributed by atoms with Gasteiger partial charge in [-0.2, -0.15) is 0 Å². The van der Waals surface area contributed by atoms with Crippen LogP contribution in [0.2, 0.25) is 0 Å². The fourth-order valence-corrected chi connectivity index (χ4v) is 10.4. The summed E-state index contributed by atoms with van der Waals surface area (Å²) in [5.74, 6) is 5.47. The zero-order valence-corrected chi connectivity index (χ0v) is 23.0. The second-order valence-electron chi connectivity index (χ2n) is 13.4. The van der Waals surface area contributed by atoms with E-state index in [0.29, 0.717) is 22.7 Å². The molecular formula is C29H50N4O2. The second-order valence-corrected chi connectivity index (χ2v) is 13.4. The highest BCUT2D eigenvalue weighted by Gasteiger charge is 2.62. The van der Waals surface area contributed by atoms with Crippen molar-refractivity contribution in [3.63, 3.8) is 0 Å². The Kier molecular flexibility index (Phi) is 7.10. The van der Waals surface area contributed by atoms with Crippen molar-refractivity contribution in [2.75, 3.05) is 13.7 Å². The molecule has 1 aromatic heterocycles. The fourth-order valence-electron chi connectivity index (χ4n) is 10.4. The van der Waals surface area contributed by atoms with Gasteiger partial charge in [0.15, 0.2) is 0 Å². The Balaban J connectivity index is 1.36. The molecule has 35 heavy (non-hydrogen) atoms. The Bertz CT molecular complexity index is 875. The number of hydrogen-bond acceptors (Lipinski definition) is 5. The Morgan fingerprint density at radius 2 is 1.91 bits per heavy atom. The largest absolute Gasteiger partial charge is 0.390 e. The summed E-state index contributed by atoms with van der Waals surface area (Å²) in [4.78, 5) is 0. The zero-order valence-electron chi connectivity index (χ0n) is 23.0. The highest BCUT2D eigenvalue weighted by atomic mass is 16.5. The average Bonchev–Trinajstić information content (AvgIpc) is 3.40. The molecule has 198 valence electrons. The van der Waals surface area contributed by atoms with Gasteiger partial charge in [0.2, 0.25) is 0 Å². The predicted molar refractivity (Wildman–Crippen MR) is 138 cm³/mol. The summed E-state index contributed by atoms with van der Waals surface area (Å²) in [7, 11) is 1.87. The fraction of sp³-hybridized carbons (Fsp3) is 0.966. The number of tetrazole rings is 1. The Morgan fingerprint density at radius 1 is 1.09 bits per heavy atom. The van der Waals surface area contributed by atoms with Crippen LogP contribution in [-0.2, 0) is 11.3 Å². The first-order valence-electron chi connectivity index (χ1n) is 14.7. The Labute approximate surface area is 213 Å². The lowest BCUT2D eigenvalue weighted by Crippen LogP contribution is -2.57. The van der Waals surface area contributed by atoms with Crippen LogP contribution in [0.15, 0.2) is 0 Å². The van der Waals surface area contributed by atoms with Gasteiger partial charge in [0, 0.05) is 20.3 Å². The number of ether oxygens (including phenoxy) is 1. The molecule has 4 fully saturated rings. The van der Waals surface area contributed by atoms with Crippen molar-refractivity contribution in [1.82, 2.24) is 20.2 Å². The van der Waals surface area contributed by atoms with Gasteiger partial charge in [-0.3, -0.25) is 0 Å². The van der Waals surface area contributed by atoms with Gasteiger partial charge in [0.25, 0.3) is 0 Å². The van der Waals surface area contributed by atoms with Crippen molar-refractivity contribution < 1.29 is 9.84 Å². The lowest BCUT2D eigenvalue weighted by molar-refractivity contribution is -0.168. The molecule has 6 nitrogen and oxygen atoms in total. The van der Waals surface area contributed by atoms with Crippen molar-refractivity contribution in [2.24, 2.45) is 46.3 Å². The predicted octanol–water partition coefficient (Wildman–Crippen LogP) is 5.82. The number of fused-ring (bicyclic) bond motifs is 5. The molecule has 0 saturated heterocycles. The highest BCUT2D eigenvalue weighted by molar-refractivity contribution is 5.12. The average molecular weight is 487 g/mol. The van der Waals surface area contributed by atoms with E-state index in [1.54, 1.807) is 0 Å². The minimum atomic E-state index is -0.422. The third-order valence-electron chi connectivity index (χ3n) is 11.9. The maximum Gasteiger partial charge on any atom is 0.148 e. The summed E-state index contributed by atoms with van der Waals surface area (Å²) in [6.07, 6.45) is 14.7. The van der Waals surface area contributed by atoms with Crippen molar-refractivity contribution in [2.45, 2.75) is 117 Å². The van der Waals surface area contributed by atoms with E-state index in [4.69, 9.17) is 4.74 Å². The summed E-state index contributed by atoms with van der Waals surface area (Å²) in [6, 6.07) is 0. The van der Waals surface area contributed by atoms with E-state index >= 15 is 0 Å². The maximum atomic E-state index is 11.4. The van der Waals surface area contributed by atoms with E-state index in [0.717, 1.165) is 68.3 Å². The monoisotopic (exact) mass is 486 g/mol. The van der Waals surface area contributed by atoms with E-state index in [1.165, 1.54) is 51.4 Å². The molecule has 0 aromatic carbocycles. The molecule has 0 amide bonds.